The number of amides is 2. The third-order valence-corrected chi connectivity index (χ3v) is 9.14. The van der Waals surface area contributed by atoms with Crippen LogP contribution in [0.1, 0.15) is 70.6 Å². The van der Waals surface area contributed by atoms with Crippen molar-refractivity contribution in [2.45, 2.75) is 70.6 Å². The molecule has 31 heavy (non-hydrogen) atoms. The summed E-state index contributed by atoms with van der Waals surface area (Å²) in [6, 6.07) is 0. The van der Waals surface area contributed by atoms with E-state index in [4.69, 9.17) is 0 Å². The van der Waals surface area contributed by atoms with Crippen LogP contribution in [0.5, 0.6) is 0 Å². The second-order valence-electron chi connectivity index (χ2n) is 11.0. The molecule has 5 heteroatoms. The van der Waals surface area contributed by atoms with E-state index < -0.39 is 0 Å². The lowest BCUT2D eigenvalue weighted by molar-refractivity contribution is -0.135. The van der Waals surface area contributed by atoms with E-state index in [1.54, 1.807) is 0 Å². The molecule has 1 aliphatic heterocycles. The van der Waals surface area contributed by atoms with Crippen LogP contribution in [0.3, 0.4) is 0 Å². The molecule has 172 valence electrons. The van der Waals surface area contributed by atoms with Gasteiger partial charge in [-0.2, -0.15) is 0 Å². The smallest absolute Gasteiger partial charge is 0.224 e. The Balaban J connectivity index is 1.14. The van der Waals surface area contributed by atoms with Crippen LogP contribution in [0, 0.1) is 35.0 Å². The largest absolute Gasteiger partial charge is 0.356 e. The van der Waals surface area contributed by atoms with E-state index in [1.165, 1.54) is 70.9 Å². The SMILES string of the molecule is O=C(NCCCCN1CCCC1)[C@H]1[C@H](C(=O)NCC2CCCCC2)[C@H]2C=C[C@H]1C21CC1. The van der Waals surface area contributed by atoms with Crippen LogP contribution in [0.2, 0.25) is 0 Å². The standard InChI is InChI=1S/C26H41N3O2/c30-24(27-14-4-5-15-29-16-6-7-17-29)22-20-10-11-21(26(20)12-13-26)23(22)25(31)28-18-19-8-2-1-3-9-19/h10-11,19-23H,1-9,12-18H2,(H,27,30)(H,28,31)/t20-,21-,22-,23-/m1/s1. The maximum atomic E-state index is 13.3. The Kier molecular flexibility index (Phi) is 6.41. The number of nitrogens with zero attached hydrogens (tertiary/aromatic N) is 1. The molecule has 2 amide bonds. The fourth-order valence-electron chi connectivity index (χ4n) is 7.26. The highest BCUT2D eigenvalue weighted by molar-refractivity contribution is 5.90. The van der Waals surface area contributed by atoms with E-state index in [2.05, 4.69) is 27.7 Å². The topological polar surface area (TPSA) is 61.4 Å². The summed E-state index contributed by atoms with van der Waals surface area (Å²) in [5.74, 6) is 1.12. The number of hydrogen-bond acceptors (Lipinski definition) is 3. The summed E-state index contributed by atoms with van der Waals surface area (Å²) in [7, 11) is 0. The normalized spacial score (nSPS) is 33.8. The molecule has 1 spiro atoms. The van der Waals surface area contributed by atoms with Gasteiger partial charge < -0.3 is 15.5 Å². The molecule has 4 atom stereocenters. The Morgan fingerprint density at radius 1 is 0.839 bits per heavy atom. The van der Waals surface area contributed by atoms with Gasteiger partial charge >= 0.3 is 0 Å². The molecule has 0 radical (unpaired) electrons. The molecule has 1 heterocycles. The fourth-order valence-corrected chi connectivity index (χ4v) is 7.26. The number of likely N-dealkylation sites (tertiary alicyclic amines) is 1. The van der Waals surface area contributed by atoms with Gasteiger partial charge in [0, 0.05) is 13.1 Å². The second-order valence-corrected chi connectivity index (χ2v) is 11.0. The van der Waals surface area contributed by atoms with Gasteiger partial charge in [-0.05, 0) is 94.2 Å². The Labute approximate surface area is 187 Å². The van der Waals surface area contributed by atoms with Gasteiger partial charge in [-0.1, -0.05) is 31.4 Å². The predicted molar refractivity (Wildman–Crippen MR) is 122 cm³/mol. The molecule has 4 aliphatic carbocycles. The van der Waals surface area contributed by atoms with Gasteiger partial charge in [0.2, 0.25) is 11.8 Å². The summed E-state index contributed by atoms with van der Waals surface area (Å²) >= 11 is 0. The van der Waals surface area contributed by atoms with E-state index >= 15 is 0 Å². The van der Waals surface area contributed by atoms with Crippen LogP contribution in [-0.2, 0) is 9.59 Å². The zero-order valence-corrected chi connectivity index (χ0v) is 19.1. The average molecular weight is 428 g/mol. The van der Waals surface area contributed by atoms with E-state index in [0.29, 0.717) is 5.92 Å². The molecular weight excluding hydrogens is 386 g/mol. The summed E-state index contributed by atoms with van der Waals surface area (Å²) < 4.78 is 0. The van der Waals surface area contributed by atoms with Crippen molar-refractivity contribution in [3.63, 3.8) is 0 Å². The minimum absolute atomic E-state index is 0.127. The number of carbonyl (C=O) groups excluding carboxylic acids is 2. The van der Waals surface area contributed by atoms with Crippen LogP contribution < -0.4 is 10.6 Å². The van der Waals surface area contributed by atoms with Gasteiger partial charge in [-0.15, -0.1) is 0 Å². The van der Waals surface area contributed by atoms with Crippen LogP contribution in [0.4, 0.5) is 0 Å². The molecule has 0 unspecified atom stereocenters. The van der Waals surface area contributed by atoms with Crippen LogP contribution >= 0.6 is 0 Å². The average Bonchev–Trinajstić information content (AvgIpc) is 3.15. The Morgan fingerprint density at radius 2 is 1.48 bits per heavy atom. The van der Waals surface area contributed by atoms with Gasteiger partial charge in [-0.3, -0.25) is 9.59 Å². The van der Waals surface area contributed by atoms with Gasteiger partial charge in [0.25, 0.3) is 0 Å². The van der Waals surface area contributed by atoms with Gasteiger partial charge in [0.1, 0.15) is 0 Å². The molecule has 5 aliphatic rings. The maximum Gasteiger partial charge on any atom is 0.224 e. The van der Waals surface area contributed by atoms with Crippen LogP contribution in [-0.4, -0.2) is 49.4 Å². The number of rotatable bonds is 9. The molecule has 4 fully saturated rings. The summed E-state index contributed by atoms with van der Waals surface area (Å²) in [5, 5.41) is 6.50. The number of nitrogens with one attached hydrogen (secondary N) is 2. The molecular formula is C26H41N3O2. The molecule has 2 N–H and O–H groups in total. The minimum Gasteiger partial charge on any atom is -0.356 e. The highest BCUT2D eigenvalue weighted by Gasteiger charge is 2.69. The van der Waals surface area contributed by atoms with Crippen molar-refractivity contribution in [3.8, 4) is 0 Å². The van der Waals surface area contributed by atoms with Crippen LogP contribution in [0.15, 0.2) is 12.2 Å². The third-order valence-electron chi connectivity index (χ3n) is 9.14. The lowest BCUT2D eigenvalue weighted by Crippen LogP contribution is -2.45. The Hall–Kier alpha value is -1.36. The highest BCUT2D eigenvalue weighted by atomic mass is 16.2. The second kappa shape index (κ2) is 9.25. The summed E-state index contributed by atoms with van der Waals surface area (Å²) in [6.07, 6.45) is 18.1. The molecule has 2 bridgehead atoms. The highest BCUT2D eigenvalue weighted by Crippen LogP contribution is 2.72. The lowest BCUT2D eigenvalue weighted by atomic mass is 9.81. The minimum atomic E-state index is -0.164. The number of unbranched alkanes of at least 4 members (excludes halogenated alkanes) is 1. The predicted octanol–water partition coefficient (Wildman–Crippen LogP) is 3.50. The van der Waals surface area contributed by atoms with Crippen molar-refractivity contribution in [3.05, 3.63) is 12.2 Å². The number of carbonyl (C=O) groups is 2. The number of allylic oxidation sites excluding steroid dienone is 2. The molecule has 5 rings (SSSR count). The first-order valence-corrected chi connectivity index (χ1v) is 13.2. The zero-order valence-electron chi connectivity index (χ0n) is 19.1. The van der Waals surface area contributed by atoms with Crippen molar-refractivity contribution in [1.29, 1.82) is 0 Å². The molecule has 0 aromatic heterocycles. The van der Waals surface area contributed by atoms with Crippen molar-refractivity contribution in [1.82, 2.24) is 15.5 Å². The van der Waals surface area contributed by atoms with Crippen molar-refractivity contribution >= 4 is 11.8 Å². The fraction of sp³-hybridized carbons (Fsp3) is 0.846. The van der Waals surface area contributed by atoms with Crippen molar-refractivity contribution in [2.24, 2.45) is 35.0 Å². The quantitative estimate of drug-likeness (QED) is 0.437. The summed E-state index contributed by atoms with van der Waals surface area (Å²) in [5.41, 5.74) is 0.227. The zero-order chi connectivity index (χ0) is 21.3. The molecule has 3 saturated carbocycles. The number of hydrogen-bond donors (Lipinski definition) is 2. The molecule has 1 saturated heterocycles. The van der Waals surface area contributed by atoms with Gasteiger partial charge in [-0.25, -0.2) is 0 Å². The molecule has 0 aromatic carbocycles. The van der Waals surface area contributed by atoms with Crippen molar-refractivity contribution in [2.75, 3.05) is 32.7 Å². The van der Waals surface area contributed by atoms with Gasteiger partial charge in [0.15, 0.2) is 0 Å². The van der Waals surface area contributed by atoms with E-state index in [1.807, 2.05) is 0 Å². The van der Waals surface area contributed by atoms with E-state index in [-0.39, 0.29) is 40.9 Å². The van der Waals surface area contributed by atoms with Crippen LogP contribution in [0.25, 0.3) is 0 Å². The first kappa shape index (κ1) is 21.5. The molecule has 0 aromatic rings. The lowest BCUT2D eigenvalue weighted by Gasteiger charge is -2.28. The van der Waals surface area contributed by atoms with E-state index in [0.717, 1.165) is 32.5 Å². The maximum absolute atomic E-state index is 13.3. The van der Waals surface area contributed by atoms with Crippen molar-refractivity contribution < 1.29 is 9.59 Å². The summed E-state index contributed by atoms with van der Waals surface area (Å²) in [6.45, 7) is 5.18. The third kappa shape index (κ3) is 4.31. The van der Waals surface area contributed by atoms with E-state index in [9.17, 15) is 9.59 Å². The van der Waals surface area contributed by atoms with Gasteiger partial charge in [0.05, 0.1) is 11.8 Å². The first-order valence-electron chi connectivity index (χ1n) is 13.2. The molecule has 5 nitrogen and oxygen atoms in total. The monoisotopic (exact) mass is 427 g/mol. The first-order chi connectivity index (χ1) is 15.2. The Morgan fingerprint density at radius 3 is 2.13 bits per heavy atom. The Bertz CT molecular complexity index is 689. The summed E-state index contributed by atoms with van der Waals surface area (Å²) in [4.78, 5) is 29.1.